The number of likely N-dealkylation sites (tertiary alicyclic amines) is 1. The third kappa shape index (κ3) is 2.48. The van der Waals surface area contributed by atoms with Crippen molar-refractivity contribution >= 4 is 0 Å². The van der Waals surface area contributed by atoms with Gasteiger partial charge in [0.1, 0.15) is 6.61 Å². The third-order valence-corrected chi connectivity index (χ3v) is 3.25. The lowest BCUT2D eigenvalue weighted by Crippen LogP contribution is -2.34. The Kier molecular flexibility index (Phi) is 3.21. The maximum absolute atomic E-state index is 5.66. The third-order valence-electron chi connectivity index (χ3n) is 3.25. The lowest BCUT2D eigenvalue weighted by atomic mass is 10.2. The highest BCUT2D eigenvalue weighted by atomic mass is 16.5. The molecule has 0 spiro atoms. The van der Waals surface area contributed by atoms with E-state index in [0.29, 0.717) is 12.1 Å². The minimum absolute atomic E-state index is 0.544. The molecule has 1 aliphatic rings. The van der Waals surface area contributed by atoms with Crippen LogP contribution in [-0.2, 0) is 0 Å². The molecule has 82 valence electrons. The smallest absolute Gasteiger partial charge is 0.213 e. The van der Waals surface area contributed by atoms with Crippen molar-refractivity contribution in [1.29, 1.82) is 0 Å². The Morgan fingerprint density at radius 3 is 2.93 bits per heavy atom. The monoisotopic (exact) mass is 206 g/mol. The van der Waals surface area contributed by atoms with E-state index in [-0.39, 0.29) is 0 Å². The van der Waals surface area contributed by atoms with Gasteiger partial charge < -0.3 is 4.74 Å². The molecule has 0 aromatic carbocycles. The second-order valence-electron chi connectivity index (χ2n) is 4.22. The van der Waals surface area contributed by atoms with Crippen molar-refractivity contribution < 1.29 is 4.74 Å². The van der Waals surface area contributed by atoms with E-state index >= 15 is 0 Å². The summed E-state index contributed by atoms with van der Waals surface area (Å²) in [4.78, 5) is 6.53. The van der Waals surface area contributed by atoms with Crippen molar-refractivity contribution in [3.05, 3.63) is 24.4 Å². The van der Waals surface area contributed by atoms with Crippen LogP contribution in [0.3, 0.4) is 0 Å². The zero-order valence-electron chi connectivity index (χ0n) is 9.39. The summed E-state index contributed by atoms with van der Waals surface area (Å²) in [5.41, 5.74) is 0. The first kappa shape index (κ1) is 10.4. The lowest BCUT2D eigenvalue weighted by molar-refractivity contribution is 0.171. The zero-order chi connectivity index (χ0) is 10.7. The summed E-state index contributed by atoms with van der Waals surface area (Å²) < 4.78 is 5.66. The molecular weight excluding hydrogens is 188 g/mol. The predicted octanol–water partition coefficient (Wildman–Crippen LogP) is 1.94. The highest BCUT2D eigenvalue weighted by molar-refractivity contribution is 5.09. The minimum Gasteiger partial charge on any atom is -0.476 e. The molecule has 1 saturated heterocycles. The van der Waals surface area contributed by atoms with E-state index in [1.165, 1.54) is 12.8 Å². The molecule has 1 fully saturated rings. The molecule has 2 rings (SSSR count). The van der Waals surface area contributed by atoms with Crippen LogP contribution in [0.2, 0.25) is 0 Å². The Labute approximate surface area is 91.1 Å². The van der Waals surface area contributed by atoms with Crippen LogP contribution in [0.5, 0.6) is 5.88 Å². The van der Waals surface area contributed by atoms with E-state index in [2.05, 4.69) is 23.9 Å². The molecule has 0 radical (unpaired) electrons. The molecule has 0 aliphatic carbocycles. The summed E-state index contributed by atoms with van der Waals surface area (Å²) >= 11 is 0. The number of aromatic nitrogens is 1. The average Bonchev–Trinajstić information content (AvgIpc) is 2.59. The standard InChI is InChI=1S/C12H18N2O/c1-10-6-7-11(14(10)2)9-15-12-5-3-4-8-13-12/h3-5,8,10-11H,6-7,9H2,1-2H3/t10-,11+/m1/s1. The molecule has 1 aromatic heterocycles. The van der Waals surface area contributed by atoms with Crippen molar-refractivity contribution in [2.45, 2.75) is 31.8 Å². The number of hydrogen-bond acceptors (Lipinski definition) is 3. The first-order valence-corrected chi connectivity index (χ1v) is 5.53. The molecule has 0 saturated carbocycles. The van der Waals surface area contributed by atoms with E-state index in [1.54, 1.807) is 6.20 Å². The Morgan fingerprint density at radius 1 is 1.47 bits per heavy atom. The van der Waals surface area contributed by atoms with Gasteiger partial charge in [-0.05, 0) is 32.9 Å². The second-order valence-corrected chi connectivity index (χ2v) is 4.22. The average molecular weight is 206 g/mol. The summed E-state index contributed by atoms with van der Waals surface area (Å²) in [5.74, 6) is 0.727. The van der Waals surface area contributed by atoms with E-state index in [0.717, 1.165) is 12.5 Å². The summed E-state index contributed by atoms with van der Waals surface area (Å²) in [5, 5.41) is 0. The Morgan fingerprint density at radius 2 is 2.33 bits per heavy atom. The molecule has 1 aromatic rings. The van der Waals surface area contributed by atoms with Gasteiger partial charge in [-0.1, -0.05) is 6.07 Å². The van der Waals surface area contributed by atoms with Crippen LogP contribution >= 0.6 is 0 Å². The molecule has 0 N–H and O–H groups in total. The molecule has 0 unspecified atom stereocenters. The van der Waals surface area contributed by atoms with Gasteiger partial charge in [0, 0.05) is 24.3 Å². The van der Waals surface area contributed by atoms with Gasteiger partial charge in [-0.2, -0.15) is 0 Å². The largest absolute Gasteiger partial charge is 0.476 e. The molecule has 3 heteroatoms. The molecule has 3 nitrogen and oxygen atoms in total. The van der Waals surface area contributed by atoms with Crippen LogP contribution in [0.1, 0.15) is 19.8 Å². The fourth-order valence-corrected chi connectivity index (χ4v) is 2.02. The van der Waals surface area contributed by atoms with Gasteiger partial charge in [0.2, 0.25) is 5.88 Å². The maximum atomic E-state index is 5.66. The Bertz CT molecular complexity index is 302. The molecule has 0 bridgehead atoms. The van der Waals surface area contributed by atoms with Gasteiger partial charge in [0.15, 0.2) is 0 Å². The van der Waals surface area contributed by atoms with Gasteiger partial charge in [0.05, 0.1) is 0 Å². The van der Waals surface area contributed by atoms with Crippen molar-refractivity contribution in [2.24, 2.45) is 0 Å². The van der Waals surface area contributed by atoms with Crippen LogP contribution in [0.15, 0.2) is 24.4 Å². The number of likely N-dealkylation sites (N-methyl/N-ethyl adjacent to an activating group) is 1. The van der Waals surface area contributed by atoms with Gasteiger partial charge in [0.25, 0.3) is 0 Å². The fourth-order valence-electron chi connectivity index (χ4n) is 2.02. The van der Waals surface area contributed by atoms with Crippen LogP contribution in [0, 0.1) is 0 Å². The van der Waals surface area contributed by atoms with Crippen molar-refractivity contribution in [3.8, 4) is 5.88 Å². The first-order chi connectivity index (χ1) is 7.27. The fraction of sp³-hybridized carbons (Fsp3) is 0.583. The molecule has 1 aliphatic heterocycles. The van der Waals surface area contributed by atoms with Crippen molar-refractivity contribution in [1.82, 2.24) is 9.88 Å². The number of rotatable bonds is 3. The van der Waals surface area contributed by atoms with E-state index in [9.17, 15) is 0 Å². The number of ether oxygens (including phenoxy) is 1. The summed E-state index contributed by atoms with van der Waals surface area (Å²) in [6.07, 6.45) is 4.26. The highest BCUT2D eigenvalue weighted by Crippen LogP contribution is 2.22. The molecule has 0 amide bonds. The molecule has 2 heterocycles. The van der Waals surface area contributed by atoms with Gasteiger partial charge in [-0.15, -0.1) is 0 Å². The Hall–Kier alpha value is -1.09. The van der Waals surface area contributed by atoms with Gasteiger partial charge in [-0.25, -0.2) is 4.98 Å². The van der Waals surface area contributed by atoms with Crippen LogP contribution < -0.4 is 4.74 Å². The summed E-state index contributed by atoms with van der Waals surface area (Å²) in [6, 6.07) is 6.97. The molecular formula is C12H18N2O. The van der Waals surface area contributed by atoms with Crippen LogP contribution in [0.4, 0.5) is 0 Å². The van der Waals surface area contributed by atoms with Crippen molar-refractivity contribution in [2.75, 3.05) is 13.7 Å². The predicted molar refractivity (Wildman–Crippen MR) is 60.0 cm³/mol. The van der Waals surface area contributed by atoms with Gasteiger partial charge in [-0.3, -0.25) is 4.90 Å². The summed E-state index contributed by atoms with van der Waals surface area (Å²) in [6.45, 7) is 3.01. The molecule has 15 heavy (non-hydrogen) atoms. The first-order valence-electron chi connectivity index (χ1n) is 5.53. The van der Waals surface area contributed by atoms with Crippen LogP contribution in [0.25, 0.3) is 0 Å². The second kappa shape index (κ2) is 4.62. The maximum Gasteiger partial charge on any atom is 0.213 e. The van der Waals surface area contributed by atoms with E-state index in [4.69, 9.17) is 4.74 Å². The zero-order valence-corrected chi connectivity index (χ0v) is 9.39. The number of nitrogens with zero attached hydrogens (tertiary/aromatic N) is 2. The van der Waals surface area contributed by atoms with E-state index < -0.39 is 0 Å². The number of hydrogen-bond donors (Lipinski definition) is 0. The molecule has 2 atom stereocenters. The normalized spacial score (nSPS) is 26.8. The minimum atomic E-state index is 0.544. The Balaban J connectivity index is 1.84. The van der Waals surface area contributed by atoms with Crippen molar-refractivity contribution in [3.63, 3.8) is 0 Å². The highest BCUT2D eigenvalue weighted by Gasteiger charge is 2.27. The quantitative estimate of drug-likeness (QED) is 0.755. The SMILES string of the molecule is C[C@@H]1CC[C@@H](COc2ccccn2)N1C. The lowest BCUT2D eigenvalue weighted by Gasteiger charge is -2.22. The van der Waals surface area contributed by atoms with Gasteiger partial charge >= 0.3 is 0 Å². The summed E-state index contributed by atoms with van der Waals surface area (Å²) in [7, 11) is 2.17. The topological polar surface area (TPSA) is 25.4 Å². The van der Waals surface area contributed by atoms with Crippen LogP contribution in [-0.4, -0.2) is 35.6 Å². The van der Waals surface area contributed by atoms with E-state index in [1.807, 2.05) is 18.2 Å². The number of pyridine rings is 1.